The maximum atomic E-state index is 13.7. The highest BCUT2D eigenvalue weighted by molar-refractivity contribution is 6.31. The molecular weight excluding hydrogens is 433 g/mol. The predicted octanol–water partition coefficient (Wildman–Crippen LogP) is 5.94. The van der Waals surface area contributed by atoms with Crippen LogP contribution in [0.25, 0.3) is 0 Å². The summed E-state index contributed by atoms with van der Waals surface area (Å²) in [5, 5.41) is 22.6. The number of anilines is 2. The Morgan fingerprint density at radius 3 is 2.13 bits per heavy atom. The first kappa shape index (κ1) is 21.2. The van der Waals surface area contributed by atoms with Gasteiger partial charge in [0.15, 0.2) is 5.72 Å². The van der Waals surface area contributed by atoms with Crippen LogP contribution in [0.5, 0.6) is 0 Å². The minimum atomic E-state index is -1.72. The Kier molecular flexibility index (Phi) is 5.63. The number of halogens is 2. The Morgan fingerprint density at radius 1 is 1.00 bits per heavy atom. The number of amides is 2. The second-order valence-corrected chi connectivity index (χ2v) is 8.16. The standard InChI is InChI=1S/C24H19Cl2N3O2/c1-2-22-24(31,17-5-3-4-16(14-17)15-27)29(21-12-8-19(26)9-13-21)23(30)28(22)20-10-6-18(25)7-11-20/h3-14,22,31H,2H2,1H3. The Balaban J connectivity index is 1.95. The number of carbonyl (C=O) groups is 1. The van der Waals surface area contributed by atoms with E-state index < -0.39 is 11.8 Å². The van der Waals surface area contributed by atoms with Crippen LogP contribution in [0.3, 0.4) is 0 Å². The molecule has 3 aromatic carbocycles. The Hall–Kier alpha value is -3.04. The number of carbonyl (C=O) groups excluding carboxylic acids is 1. The molecule has 5 nitrogen and oxygen atoms in total. The van der Waals surface area contributed by atoms with Crippen LogP contribution in [-0.2, 0) is 5.72 Å². The van der Waals surface area contributed by atoms with Gasteiger partial charge in [0, 0.05) is 27.0 Å². The smallest absolute Gasteiger partial charge is 0.332 e. The third kappa shape index (κ3) is 3.53. The summed E-state index contributed by atoms with van der Waals surface area (Å²) in [4.78, 5) is 16.7. The van der Waals surface area contributed by atoms with Gasteiger partial charge in [0.25, 0.3) is 0 Å². The fraction of sp³-hybridized carbons (Fsp3) is 0.167. The van der Waals surface area contributed by atoms with Crippen molar-refractivity contribution < 1.29 is 9.90 Å². The highest BCUT2D eigenvalue weighted by Gasteiger charge is 2.58. The second kappa shape index (κ2) is 8.24. The molecule has 2 atom stereocenters. The molecule has 1 saturated heterocycles. The van der Waals surface area contributed by atoms with Crippen molar-refractivity contribution in [1.82, 2.24) is 0 Å². The molecule has 3 aromatic rings. The SMILES string of the molecule is CCC1N(c2ccc(Cl)cc2)C(=O)N(c2ccc(Cl)cc2)C1(O)c1cccc(C#N)c1. The largest absolute Gasteiger partial charge is 0.365 e. The zero-order valence-corrected chi connectivity index (χ0v) is 18.2. The van der Waals surface area contributed by atoms with Crippen LogP contribution in [0.15, 0.2) is 72.8 Å². The first-order chi connectivity index (χ1) is 14.9. The molecule has 1 aliphatic heterocycles. The number of hydrogen-bond acceptors (Lipinski definition) is 3. The molecule has 0 radical (unpaired) electrons. The van der Waals surface area contributed by atoms with Crippen LogP contribution in [0.4, 0.5) is 16.2 Å². The molecule has 2 amide bonds. The number of urea groups is 1. The van der Waals surface area contributed by atoms with Crippen molar-refractivity contribution in [3.8, 4) is 6.07 Å². The van der Waals surface area contributed by atoms with E-state index in [-0.39, 0.29) is 6.03 Å². The average Bonchev–Trinajstić information content (AvgIpc) is 3.02. The quantitative estimate of drug-likeness (QED) is 0.533. The van der Waals surface area contributed by atoms with Gasteiger partial charge >= 0.3 is 6.03 Å². The molecule has 0 aromatic heterocycles. The van der Waals surface area contributed by atoms with E-state index in [0.717, 1.165) is 0 Å². The fourth-order valence-electron chi connectivity index (χ4n) is 4.11. The average molecular weight is 452 g/mol. The van der Waals surface area contributed by atoms with Gasteiger partial charge in [-0.3, -0.25) is 9.80 Å². The molecule has 1 N–H and O–H groups in total. The van der Waals surface area contributed by atoms with Gasteiger partial charge < -0.3 is 5.11 Å². The molecule has 1 fully saturated rings. The molecule has 7 heteroatoms. The summed E-state index contributed by atoms with van der Waals surface area (Å²) in [5.41, 5.74) is 0.251. The summed E-state index contributed by atoms with van der Waals surface area (Å²) in [6, 6.07) is 21.4. The van der Waals surface area contributed by atoms with Crippen LogP contribution in [0, 0.1) is 11.3 Å². The molecule has 156 valence electrons. The maximum absolute atomic E-state index is 13.7. The van der Waals surface area contributed by atoms with E-state index in [1.165, 1.54) is 4.90 Å². The van der Waals surface area contributed by atoms with E-state index in [9.17, 15) is 15.2 Å². The van der Waals surface area contributed by atoms with Crippen molar-refractivity contribution in [2.45, 2.75) is 25.1 Å². The lowest BCUT2D eigenvalue weighted by atomic mass is 9.91. The number of nitrogens with zero attached hydrogens (tertiary/aromatic N) is 3. The molecule has 1 heterocycles. The van der Waals surface area contributed by atoms with E-state index in [2.05, 4.69) is 6.07 Å². The van der Waals surface area contributed by atoms with Crippen molar-refractivity contribution >= 4 is 40.6 Å². The van der Waals surface area contributed by atoms with Crippen LogP contribution in [0.1, 0.15) is 24.5 Å². The van der Waals surface area contributed by atoms with Crippen LogP contribution < -0.4 is 9.80 Å². The monoisotopic (exact) mass is 451 g/mol. The lowest BCUT2D eigenvalue weighted by Crippen LogP contribution is -2.49. The van der Waals surface area contributed by atoms with Gasteiger partial charge in [-0.25, -0.2) is 4.79 Å². The van der Waals surface area contributed by atoms with Crippen molar-refractivity contribution in [3.63, 3.8) is 0 Å². The normalized spacial score (nSPS) is 20.7. The molecule has 0 bridgehead atoms. The Bertz CT molecular complexity index is 1160. The summed E-state index contributed by atoms with van der Waals surface area (Å²) in [7, 11) is 0. The van der Waals surface area contributed by atoms with Crippen molar-refractivity contribution in [3.05, 3.63) is 94.0 Å². The third-order valence-corrected chi connectivity index (χ3v) is 6.01. The van der Waals surface area contributed by atoms with E-state index in [4.69, 9.17) is 23.2 Å². The second-order valence-electron chi connectivity index (χ2n) is 7.28. The first-order valence-corrected chi connectivity index (χ1v) is 10.5. The molecule has 1 aliphatic rings. The molecule has 0 saturated carbocycles. The van der Waals surface area contributed by atoms with Crippen LogP contribution >= 0.6 is 23.2 Å². The molecule has 31 heavy (non-hydrogen) atoms. The van der Waals surface area contributed by atoms with Crippen LogP contribution in [0.2, 0.25) is 10.0 Å². The number of hydrogen-bond donors (Lipinski definition) is 1. The van der Waals surface area contributed by atoms with Gasteiger partial charge in [-0.05, 0) is 67.1 Å². The van der Waals surface area contributed by atoms with E-state index in [0.29, 0.717) is 39.0 Å². The van der Waals surface area contributed by atoms with E-state index >= 15 is 0 Å². The summed E-state index contributed by atoms with van der Waals surface area (Å²) in [6.45, 7) is 1.91. The van der Waals surface area contributed by atoms with E-state index in [1.54, 1.807) is 77.7 Å². The number of benzene rings is 3. The van der Waals surface area contributed by atoms with Crippen molar-refractivity contribution in [2.24, 2.45) is 0 Å². The maximum Gasteiger partial charge on any atom is 0.332 e. The minimum Gasteiger partial charge on any atom is -0.365 e. The van der Waals surface area contributed by atoms with Gasteiger partial charge in [-0.1, -0.05) is 42.3 Å². The Labute approximate surface area is 190 Å². The zero-order valence-electron chi connectivity index (χ0n) is 16.7. The Morgan fingerprint density at radius 2 is 1.58 bits per heavy atom. The van der Waals surface area contributed by atoms with E-state index in [1.807, 2.05) is 6.92 Å². The van der Waals surface area contributed by atoms with Gasteiger partial charge in [0.2, 0.25) is 0 Å². The fourth-order valence-corrected chi connectivity index (χ4v) is 4.36. The van der Waals surface area contributed by atoms with Crippen molar-refractivity contribution in [1.29, 1.82) is 5.26 Å². The number of nitriles is 1. The summed E-state index contributed by atoms with van der Waals surface area (Å²) >= 11 is 12.1. The highest BCUT2D eigenvalue weighted by atomic mass is 35.5. The van der Waals surface area contributed by atoms with Gasteiger partial charge in [0.05, 0.1) is 17.7 Å². The molecule has 4 rings (SSSR count). The lowest BCUT2D eigenvalue weighted by Gasteiger charge is -2.37. The van der Waals surface area contributed by atoms with Gasteiger partial charge in [-0.2, -0.15) is 5.26 Å². The summed E-state index contributed by atoms with van der Waals surface area (Å²) in [5.74, 6) is 0. The van der Waals surface area contributed by atoms with Gasteiger partial charge in [0.1, 0.15) is 0 Å². The number of aliphatic hydroxyl groups is 1. The first-order valence-electron chi connectivity index (χ1n) is 9.77. The predicted molar refractivity (Wildman–Crippen MR) is 122 cm³/mol. The highest BCUT2D eigenvalue weighted by Crippen LogP contribution is 2.46. The zero-order chi connectivity index (χ0) is 22.2. The van der Waals surface area contributed by atoms with Crippen molar-refractivity contribution in [2.75, 3.05) is 9.80 Å². The van der Waals surface area contributed by atoms with Gasteiger partial charge in [-0.15, -0.1) is 0 Å². The van der Waals surface area contributed by atoms with Crippen LogP contribution in [-0.4, -0.2) is 17.2 Å². The lowest BCUT2D eigenvalue weighted by molar-refractivity contribution is 0.0307. The topological polar surface area (TPSA) is 67.6 Å². The molecule has 2 unspecified atom stereocenters. The number of rotatable bonds is 4. The summed E-state index contributed by atoms with van der Waals surface area (Å²) in [6.07, 6.45) is 0.464. The molecule has 0 spiro atoms. The minimum absolute atomic E-state index is 0.388. The summed E-state index contributed by atoms with van der Waals surface area (Å²) < 4.78 is 0. The molecule has 0 aliphatic carbocycles. The third-order valence-electron chi connectivity index (χ3n) is 5.51. The molecular formula is C24H19Cl2N3O2.